The van der Waals surface area contributed by atoms with Crippen LogP contribution in [-0.2, 0) is 16.0 Å². The summed E-state index contributed by atoms with van der Waals surface area (Å²) in [7, 11) is 1.52. The molecular weight excluding hydrogens is 464 g/mol. The molecule has 10 heteroatoms. The van der Waals surface area contributed by atoms with Gasteiger partial charge in [-0.25, -0.2) is 9.78 Å². The Kier molecular flexibility index (Phi) is 7.02. The van der Waals surface area contributed by atoms with E-state index < -0.39 is 5.97 Å². The van der Waals surface area contributed by atoms with Crippen molar-refractivity contribution in [1.82, 2.24) is 19.7 Å². The largest absolute Gasteiger partial charge is 0.459 e. The number of rotatable bonds is 8. The minimum absolute atomic E-state index is 0.130. The van der Waals surface area contributed by atoms with Gasteiger partial charge in [-0.3, -0.25) is 9.48 Å². The highest BCUT2D eigenvalue weighted by Crippen LogP contribution is 2.29. The van der Waals surface area contributed by atoms with Crippen molar-refractivity contribution < 1.29 is 14.3 Å². The predicted molar refractivity (Wildman–Crippen MR) is 129 cm³/mol. The van der Waals surface area contributed by atoms with Crippen molar-refractivity contribution in [3.63, 3.8) is 0 Å². The summed E-state index contributed by atoms with van der Waals surface area (Å²) in [4.78, 5) is 33.0. The Bertz CT molecular complexity index is 1370. The zero-order valence-corrected chi connectivity index (χ0v) is 19.6. The average Bonchev–Trinajstić information content (AvgIpc) is 3.38. The Morgan fingerprint density at radius 1 is 1.27 bits per heavy atom. The first-order chi connectivity index (χ1) is 16.0. The lowest BCUT2D eigenvalue weighted by molar-refractivity contribution is 0.0393. The maximum atomic E-state index is 12.7. The van der Waals surface area contributed by atoms with Crippen LogP contribution in [0.15, 0.2) is 47.5 Å². The second-order valence-electron chi connectivity index (χ2n) is 7.23. The van der Waals surface area contributed by atoms with Gasteiger partial charge in [0.25, 0.3) is 5.56 Å². The molecule has 0 amide bonds. The van der Waals surface area contributed by atoms with Gasteiger partial charge in [0.2, 0.25) is 0 Å². The third-order valence-corrected chi connectivity index (χ3v) is 6.32. The number of aromatic nitrogens is 4. The van der Waals surface area contributed by atoms with Crippen LogP contribution in [0.5, 0.6) is 0 Å². The van der Waals surface area contributed by atoms with Gasteiger partial charge >= 0.3 is 5.97 Å². The molecule has 0 saturated heterocycles. The maximum absolute atomic E-state index is 12.7. The predicted octanol–water partition coefficient (Wildman–Crippen LogP) is 4.08. The second kappa shape index (κ2) is 10.1. The van der Waals surface area contributed by atoms with E-state index in [9.17, 15) is 9.59 Å². The fraction of sp³-hybridized carbons (Fsp3) is 0.217. The van der Waals surface area contributed by atoms with Gasteiger partial charge in [0, 0.05) is 18.9 Å². The first-order valence-corrected chi connectivity index (χ1v) is 11.3. The van der Waals surface area contributed by atoms with E-state index in [0.717, 1.165) is 22.5 Å². The first kappa shape index (κ1) is 22.9. The minimum atomic E-state index is -0.513. The van der Waals surface area contributed by atoms with Crippen molar-refractivity contribution in [3.05, 3.63) is 80.5 Å². The summed E-state index contributed by atoms with van der Waals surface area (Å²) in [5.74, 6) is -0.300. The average molecular weight is 485 g/mol. The topological polar surface area (TPSA) is 99.1 Å². The number of ether oxygens (including phenoxy) is 2. The molecule has 3 heterocycles. The molecule has 0 unspecified atom stereocenters. The molecule has 4 rings (SSSR count). The molecule has 0 spiro atoms. The molecule has 0 radical (unpaired) electrons. The van der Waals surface area contributed by atoms with Crippen LogP contribution >= 0.6 is 22.9 Å². The quantitative estimate of drug-likeness (QED) is 0.299. The normalized spacial score (nSPS) is 11.8. The monoisotopic (exact) mass is 484 g/mol. The number of nitrogens with one attached hydrogen (secondary N) is 1. The zero-order valence-electron chi connectivity index (χ0n) is 18.0. The number of H-pyrrole nitrogens is 1. The number of hydrogen-bond acceptors (Lipinski definition) is 7. The lowest BCUT2D eigenvalue weighted by Crippen LogP contribution is -2.11. The molecule has 0 aliphatic heterocycles. The Morgan fingerprint density at radius 3 is 2.82 bits per heavy atom. The van der Waals surface area contributed by atoms with Crippen molar-refractivity contribution in [2.24, 2.45) is 0 Å². The Balaban J connectivity index is 1.58. The minimum Gasteiger partial charge on any atom is -0.459 e. The number of benzene rings is 1. The number of thiophene rings is 1. The van der Waals surface area contributed by atoms with Gasteiger partial charge in [-0.15, -0.1) is 11.3 Å². The third kappa shape index (κ3) is 5.22. The number of halogens is 1. The van der Waals surface area contributed by atoms with Gasteiger partial charge in [0.15, 0.2) is 5.82 Å². The summed E-state index contributed by atoms with van der Waals surface area (Å²) < 4.78 is 11.9. The molecule has 170 valence electrons. The number of carbonyl (C=O) groups is 1. The van der Waals surface area contributed by atoms with Crippen LogP contribution in [0.2, 0.25) is 0 Å². The molecule has 0 fully saturated rings. The van der Waals surface area contributed by atoms with Gasteiger partial charge in [0.05, 0.1) is 29.8 Å². The molecule has 4 aromatic rings. The standard InChI is InChI=1S/C23H21ClN4O4S/c1-14-18-21(29)26-20(27-22(18)33-19(14)23(30)32-9-8-31-2)17(24)10-16-11-25-28(13-16)12-15-6-4-3-5-7-15/h3-7,10-11,13H,8-9,12H2,1-2H3,(H,26,27,29)/b17-10-. The van der Waals surface area contributed by atoms with Crippen molar-refractivity contribution in [2.45, 2.75) is 13.5 Å². The molecule has 8 nitrogen and oxygen atoms in total. The second-order valence-corrected chi connectivity index (χ2v) is 8.63. The number of fused-ring (bicyclic) bond motifs is 1. The Hall–Kier alpha value is -3.27. The summed E-state index contributed by atoms with van der Waals surface area (Å²) in [6.07, 6.45) is 5.22. The van der Waals surface area contributed by atoms with Gasteiger partial charge in [-0.05, 0) is 24.1 Å². The van der Waals surface area contributed by atoms with Gasteiger partial charge in [-0.2, -0.15) is 5.10 Å². The lowest BCUT2D eigenvalue weighted by atomic mass is 10.2. The van der Waals surface area contributed by atoms with E-state index in [1.54, 1.807) is 23.9 Å². The number of esters is 1. The maximum Gasteiger partial charge on any atom is 0.348 e. The summed E-state index contributed by atoms with van der Waals surface area (Å²) >= 11 is 7.57. The van der Waals surface area contributed by atoms with E-state index in [4.69, 9.17) is 21.1 Å². The van der Waals surface area contributed by atoms with Crippen LogP contribution in [0.3, 0.4) is 0 Å². The van der Waals surface area contributed by atoms with Gasteiger partial charge in [0.1, 0.15) is 16.3 Å². The van der Waals surface area contributed by atoms with E-state index in [1.165, 1.54) is 7.11 Å². The summed E-state index contributed by atoms with van der Waals surface area (Å²) in [6.45, 7) is 2.75. The fourth-order valence-corrected chi connectivity index (χ4v) is 4.55. The number of nitrogens with zero attached hydrogens (tertiary/aromatic N) is 3. The van der Waals surface area contributed by atoms with Crippen molar-refractivity contribution in [1.29, 1.82) is 0 Å². The molecule has 0 saturated carbocycles. The molecule has 0 aliphatic rings. The van der Waals surface area contributed by atoms with Crippen LogP contribution in [0.1, 0.15) is 32.2 Å². The highest BCUT2D eigenvalue weighted by atomic mass is 35.5. The molecular formula is C23H21ClN4O4S. The highest BCUT2D eigenvalue weighted by molar-refractivity contribution is 7.20. The third-order valence-electron chi connectivity index (χ3n) is 4.87. The van der Waals surface area contributed by atoms with Crippen LogP contribution in [0.25, 0.3) is 21.3 Å². The van der Waals surface area contributed by atoms with Crippen LogP contribution in [0.4, 0.5) is 0 Å². The highest BCUT2D eigenvalue weighted by Gasteiger charge is 2.21. The number of hydrogen-bond donors (Lipinski definition) is 1. The van der Waals surface area contributed by atoms with E-state index in [1.807, 2.05) is 36.5 Å². The van der Waals surface area contributed by atoms with Crippen molar-refractivity contribution in [2.75, 3.05) is 20.3 Å². The number of carbonyl (C=O) groups excluding carboxylic acids is 1. The zero-order chi connectivity index (χ0) is 23.4. The molecule has 3 aromatic heterocycles. The number of methoxy groups -OCH3 is 1. The van der Waals surface area contributed by atoms with Crippen LogP contribution in [0, 0.1) is 6.92 Å². The smallest absolute Gasteiger partial charge is 0.348 e. The molecule has 0 aliphatic carbocycles. The molecule has 33 heavy (non-hydrogen) atoms. The van der Waals surface area contributed by atoms with Crippen LogP contribution in [-0.4, -0.2) is 46.0 Å². The van der Waals surface area contributed by atoms with E-state index in [0.29, 0.717) is 33.8 Å². The molecule has 1 N–H and O–H groups in total. The van der Waals surface area contributed by atoms with Crippen LogP contribution < -0.4 is 5.56 Å². The summed E-state index contributed by atoms with van der Waals surface area (Å²) in [5.41, 5.74) is 2.05. The summed E-state index contributed by atoms with van der Waals surface area (Å²) in [5, 5.41) is 4.96. The fourth-order valence-electron chi connectivity index (χ4n) is 3.26. The number of aryl methyl sites for hydroxylation is 1. The van der Waals surface area contributed by atoms with Gasteiger partial charge < -0.3 is 14.5 Å². The van der Waals surface area contributed by atoms with Crippen molar-refractivity contribution in [3.8, 4) is 0 Å². The Morgan fingerprint density at radius 2 is 2.06 bits per heavy atom. The molecule has 1 aromatic carbocycles. The SMILES string of the molecule is COCCOC(=O)c1sc2nc(/C(Cl)=C/c3cnn(Cc4ccccc4)c3)[nH]c(=O)c2c1C. The summed E-state index contributed by atoms with van der Waals surface area (Å²) in [6, 6.07) is 9.97. The number of aromatic amines is 1. The van der Waals surface area contributed by atoms with E-state index in [2.05, 4.69) is 15.1 Å². The van der Waals surface area contributed by atoms with Gasteiger partial charge in [-0.1, -0.05) is 41.9 Å². The first-order valence-electron chi connectivity index (χ1n) is 10.1. The van der Waals surface area contributed by atoms with E-state index in [-0.39, 0.29) is 23.0 Å². The lowest BCUT2D eigenvalue weighted by Gasteiger charge is -2.02. The van der Waals surface area contributed by atoms with Crippen molar-refractivity contribution >= 4 is 50.2 Å². The molecule has 0 atom stereocenters. The Labute approximate surface area is 198 Å². The van der Waals surface area contributed by atoms with E-state index >= 15 is 0 Å². The molecule has 0 bridgehead atoms.